The van der Waals surface area contributed by atoms with E-state index in [9.17, 15) is 9.59 Å². The fourth-order valence-electron chi connectivity index (χ4n) is 1.73. The van der Waals surface area contributed by atoms with Crippen LogP contribution in [0.15, 0.2) is 24.3 Å². The molecule has 0 unspecified atom stereocenters. The Morgan fingerprint density at radius 1 is 1.11 bits per heavy atom. The van der Waals surface area contributed by atoms with Gasteiger partial charge in [0.05, 0.1) is 6.42 Å². The number of hydrogen-bond donors (Lipinski definition) is 2. The van der Waals surface area contributed by atoms with E-state index in [0.29, 0.717) is 24.5 Å². The van der Waals surface area contributed by atoms with E-state index in [1.54, 1.807) is 12.1 Å². The van der Waals surface area contributed by atoms with Crippen LogP contribution < -0.4 is 10.6 Å². The highest BCUT2D eigenvalue weighted by molar-refractivity contribution is 6.30. The van der Waals surface area contributed by atoms with Crippen LogP contribution in [0, 0.1) is 5.92 Å². The van der Waals surface area contributed by atoms with Gasteiger partial charge in [-0.2, -0.15) is 0 Å². The van der Waals surface area contributed by atoms with Gasteiger partial charge in [-0.25, -0.2) is 0 Å². The Morgan fingerprint density at radius 2 is 1.74 bits per heavy atom. The molecule has 0 bridgehead atoms. The minimum Gasteiger partial charge on any atom is -0.354 e. The minimum absolute atomic E-state index is 0.0528. The maximum atomic E-state index is 11.6. The van der Waals surface area contributed by atoms with E-state index in [1.807, 2.05) is 12.1 Å². The maximum absolute atomic E-state index is 11.6. The van der Waals surface area contributed by atoms with Crippen LogP contribution in [0.3, 0.4) is 0 Å². The molecule has 2 amide bonds. The molecule has 0 radical (unpaired) electrons. The summed E-state index contributed by atoms with van der Waals surface area (Å²) in [5.41, 5.74) is 0.920. The molecule has 1 aromatic rings. The number of benzene rings is 1. The molecule has 1 aliphatic rings. The number of carbonyl (C=O) groups excluding carboxylic acids is 2. The summed E-state index contributed by atoms with van der Waals surface area (Å²) in [5.74, 6) is 0.264. The van der Waals surface area contributed by atoms with Crippen LogP contribution in [0.1, 0.15) is 18.4 Å². The van der Waals surface area contributed by atoms with Crippen molar-refractivity contribution in [2.24, 2.45) is 5.92 Å². The van der Waals surface area contributed by atoms with Gasteiger partial charge in [0.15, 0.2) is 0 Å². The summed E-state index contributed by atoms with van der Waals surface area (Å²) in [6, 6.07) is 7.19. The summed E-state index contributed by atoms with van der Waals surface area (Å²) in [6.07, 6.45) is 2.32. The van der Waals surface area contributed by atoms with E-state index in [1.165, 1.54) is 0 Å². The number of rotatable bonds is 6. The molecule has 0 aromatic heterocycles. The predicted molar refractivity (Wildman–Crippen MR) is 73.9 cm³/mol. The molecule has 0 spiro atoms. The molecule has 19 heavy (non-hydrogen) atoms. The Balaban J connectivity index is 1.61. The van der Waals surface area contributed by atoms with Gasteiger partial charge in [-0.1, -0.05) is 23.7 Å². The van der Waals surface area contributed by atoms with Crippen molar-refractivity contribution >= 4 is 23.4 Å². The van der Waals surface area contributed by atoms with Gasteiger partial charge >= 0.3 is 0 Å². The second kappa shape index (κ2) is 6.57. The predicted octanol–water partition coefficient (Wildman–Crippen LogP) is 1.52. The monoisotopic (exact) mass is 280 g/mol. The molecular formula is C14H17ClN2O2. The van der Waals surface area contributed by atoms with Crippen molar-refractivity contribution in [1.29, 1.82) is 0 Å². The lowest BCUT2D eigenvalue weighted by Crippen LogP contribution is -2.35. The maximum Gasteiger partial charge on any atom is 0.224 e. The van der Waals surface area contributed by atoms with Gasteiger partial charge in [-0.05, 0) is 30.5 Å². The van der Waals surface area contributed by atoms with Gasteiger partial charge in [0.25, 0.3) is 0 Å². The van der Waals surface area contributed by atoms with Gasteiger partial charge in [-0.3, -0.25) is 9.59 Å². The second-order valence-corrected chi connectivity index (χ2v) is 5.15. The van der Waals surface area contributed by atoms with Crippen molar-refractivity contribution in [1.82, 2.24) is 10.6 Å². The number of amides is 2. The highest BCUT2D eigenvalue weighted by Crippen LogP contribution is 2.28. The molecule has 102 valence electrons. The standard InChI is InChI=1S/C14H17ClN2O2/c15-12-5-1-10(2-6-12)9-13(18)16-7-8-17-14(19)11-3-4-11/h1-2,5-6,11H,3-4,7-9H2,(H,16,18)(H,17,19). The van der Waals surface area contributed by atoms with Gasteiger partial charge in [0.2, 0.25) is 11.8 Å². The molecule has 1 aromatic carbocycles. The molecule has 4 nitrogen and oxygen atoms in total. The zero-order chi connectivity index (χ0) is 13.7. The normalized spacial score (nSPS) is 13.9. The average molecular weight is 281 g/mol. The van der Waals surface area contributed by atoms with Crippen LogP contribution in [-0.4, -0.2) is 24.9 Å². The number of nitrogens with one attached hydrogen (secondary N) is 2. The van der Waals surface area contributed by atoms with E-state index < -0.39 is 0 Å². The molecule has 1 fully saturated rings. The summed E-state index contributed by atoms with van der Waals surface area (Å²) in [7, 11) is 0. The Kier molecular flexibility index (Phi) is 4.80. The van der Waals surface area contributed by atoms with Crippen LogP contribution in [0.25, 0.3) is 0 Å². The van der Waals surface area contributed by atoms with E-state index >= 15 is 0 Å². The van der Waals surface area contributed by atoms with Crippen LogP contribution >= 0.6 is 11.6 Å². The summed E-state index contributed by atoms with van der Waals surface area (Å²) < 4.78 is 0. The lowest BCUT2D eigenvalue weighted by molar-refractivity contribution is -0.123. The van der Waals surface area contributed by atoms with Crippen LogP contribution in [0.5, 0.6) is 0 Å². The first-order valence-electron chi connectivity index (χ1n) is 6.44. The van der Waals surface area contributed by atoms with Crippen molar-refractivity contribution in [2.45, 2.75) is 19.3 Å². The van der Waals surface area contributed by atoms with Crippen LogP contribution in [0.2, 0.25) is 5.02 Å². The highest BCUT2D eigenvalue weighted by Gasteiger charge is 2.28. The van der Waals surface area contributed by atoms with Crippen LogP contribution in [0.4, 0.5) is 0 Å². The number of carbonyl (C=O) groups is 2. The summed E-state index contributed by atoms with van der Waals surface area (Å²) in [5, 5.41) is 6.23. The van der Waals surface area contributed by atoms with Crippen molar-refractivity contribution < 1.29 is 9.59 Å². The molecule has 1 aliphatic carbocycles. The SMILES string of the molecule is O=C(Cc1ccc(Cl)cc1)NCCNC(=O)C1CC1. The zero-order valence-electron chi connectivity index (χ0n) is 10.6. The largest absolute Gasteiger partial charge is 0.354 e. The first-order valence-corrected chi connectivity index (χ1v) is 6.82. The van der Waals surface area contributed by atoms with E-state index in [4.69, 9.17) is 11.6 Å². The molecule has 0 atom stereocenters. The third-order valence-corrected chi connectivity index (χ3v) is 3.22. The molecular weight excluding hydrogens is 264 g/mol. The third-order valence-electron chi connectivity index (χ3n) is 2.97. The summed E-state index contributed by atoms with van der Waals surface area (Å²) in [4.78, 5) is 23.0. The van der Waals surface area contributed by atoms with Gasteiger partial charge in [0, 0.05) is 24.0 Å². The van der Waals surface area contributed by atoms with Gasteiger partial charge < -0.3 is 10.6 Å². The fourth-order valence-corrected chi connectivity index (χ4v) is 1.85. The van der Waals surface area contributed by atoms with Crippen LogP contribution in [-0.2, 0) is 16.0 Å². The summed E-state index contributed by atoms with van der Waals surface area (Å²) in [6.45, 7) is 0.951. The fraction of sp³-hybridized carbons (Fsp3) is 0.429. The van der Waals surface area contributed by atoms with E-state index in [-0.39, 0.29) is 17.7 Å². The van der Waals surface area contributed by atoms with Crippen molar-refractivity contribution in [3.63, 3.8) is 0 Å². The minimum atomic E-state index is -0.0528. The lowest BCUT2D eigenvalue weighted by atomic mass is 10.1. The molecule has 0 aliphatic heterocycles. The Bertz CT molecular complexity index is 455. The first kappa shape index (κ1) is 13.9. The first-order chi connectivity index (χ1) is 9.15. The van der Waals surface area contributed by atoms with Crippen molar-refractivity contribution in [2.75, 3.05) is 13.1 Å². The quantitative estimate of drug-likeness (QED) is 0.777. The van der Waals surface area contributed by atoms with Crippen molar-refractivity contribution in [3.05, 3.63) is 34.9 Å². The second-order valence-electron chi connectivity index (χ2n) is 4.72. The van der Waals surface area contributed by atoms with Gasteiger partial charge in [-0.15, -0.1) is 0 Å². The van der Waals surface area contributed by atoms with E-state index in [0.717, 1.165) is 18.4 Å². The molecule has 2 N–H and O–H groups in total. The topological polar surface area (TPSA) is 58.2 Å². The van der Waals surface area contributed by atoms with Gasteiger partial charge in [0.1, 0.15) is 0 Å². The third kappa shape index (κ3) is 4.91. The number of halogens is 1. The van der Waals surface area contributed by atoms with E-state index in [2.05, 4.69) is 10.6 Å². The smallest absolute Gasteiger partial charge is 0.224 e. The number of hydrogen-bond acceptors (Lipinski definition) is 2. The average Bonchev–Trinajstić information content (AvgIpc) is 3.21. The Labute approximate surface area is 117 Å². The Morgan fingerprint density at radius 3 is 2.37 bits per heavy atom. The molecule has 5 heteroatoms. The molecule has 1 saturated carbocycles. The molecule has 0 saturated heterocycles. The highest BCUT2D eigenvalue weighted by atomic mass is 35.5. The molecule has 0 heterocycles. The van der Waals surface area contributed by atoms with Crippen molar-refractivity contribution in [3.8, 4) is 0 Å². The lowest BCUT2D eigenvalue weighted by Gasteiger charge is -2.06. The zero-order valence-corrected chi connectivity index (χ0v) is 11.4. The summed E-state index contributed by atoms with van der Waals surface area (Å²) >= 11 is 5.77. The molecule has 2 rings (SSSR count). The Hall–Kier alpha value is -1.55.